The average molecular weight is 330 g/mol. The molecule has 0 aliphatic carbocycles. The van der Waals surface area contributed by atoms with E-state index in [1.165, 1.54) is 31.8 Å². The molecule has 0 bridgehead atoms. The maximum Gasteiger partial charge on any atom is 0.254 e. The van der Waals surface area contributed by atoms with Crippen molar-refractivity contribution < 1.29 is 14.3 Å². The Bertz CT molecular complexity index is 776. The Hall–Kier alpha value is -2.90. The van der Waals surface area contributed by atoms with E-state index >= 15 is 0 Å². The summed E-state index contributed by atoms with van der Waals surface area (Å²) in [6.07, 6.45) is 5.94. The summed E-state index contributed by atoms with van der Waals surface area (Å²) in [6, 6.07) is 2.90. The van der Waals surface area contributed by atoms with Crippen LogP contribution in [0.4, 0.5) is 0 Å². The van der Waals surface area contributed by atoms with Gasteiger partial charge in [-0.1, -0.05) is 0 Å². The summed E-state index contributed by atoms with van der Waals surface area (Å²) in [4.78, 5) is 36.3. The molecule has 0 saturated carbocycles. The zero-order valence-electron chi connectivity index (χ0n) is 13.3. The van der Waals surface area contributed by atoms with Crippen molar-refractivity contribution in [2.75, 3.05) is 20.2 Å². The van der Waals surface area contributed by atoms with Gasteiger partial charge in [0.05, 0.1) is 26.0 Å². The molecule has 2 aromatic heterocycles. The molecule has 1 N–H and O–H groups in total. The number of likely N-dealkylation sites (tertiary alicyclic amines) is 1. The fraction of sp³-hybridized carbons (Fsp3) is 0.375. The van der Waals surface area contributed by atoms with Gasteiger partial charge in [0, 0.05) is 24.4 Å². The Labute approximate surface area is 138 Å². The number of aromatic amines is 1. The van der Waals surface area contributed by atoms with Crippen molar-refractivity contribution >= 4 is 5.91 Å². The number of carbonyl (C=O) groups excluding carboxylic acids is 1. The maximum atomic E-state index is 12.5. The number of H-pyrrole nitrogens is 1. The van der Waals surface area contributed by atoms with Crippen LogP contribution in [0.1, 0.15) is 23.2 Å². The van der Waals surface area contributed by atoms with Gasteiger partial charge in [-0.15, -0.1) is 0 Å². The van der Waals surface area contributed by atoms with Crippen molar-refractivity contribution in [3.8, 4) is 11.8 Å². The van der Waals surface area contributed by atoms with Gasteiger partial charge in [0.25, 0.3) is 5.91 Å². The van der Waals surface area contributed by atoms with Gasteiger partial charge in [-0.05, 0) is 18.9 Å². The Kier molecular flexibility index (Phi) is 4.74. The number of nitrogens with one attached hydrogen (secondary N) is 1. The fourth-order valence-electron chi connectivity index (χ4n) is 2.64. The van der Waals surface area contributed by atoms with E-state index in [-0.39, 0.29) is 17.6 Å². The SMILES string of the molecule is COc1cncc(OC2CCCN(C(=O)c3cc[nH]c(=O)c3)C2)n1. The maximum absolute atomic E-state index is 12.5. The monoisotopic (exact) mass is 330 g/mol. The van der Waals surface area contributed by atoms with Crippen molar-refractivity contribution in [3.05, 3.63) is 46.6 Å². The molecule has 8 nitrogen and oxygen atoms in total. The van der Waals surface area contributed by atoms with Crippen molar-refractivity contribution in [2.45, 2.75) is 18.9 Å². The lowest BCUT2D eigenvalue weighted by atomic mass is 10.1. The molecule has 126 valence electrons. The molecular formula is C16H18N4O4. The van der Waals surface area contributed by atoms with Gasteiger partial charge in [-0.3, -0.25) is 14.6 Å². The molecule has 1 fully saturated rings. The second-order valence-electron chi connectivity index (χ2n) is 5.47. The van der Waals surface area contributed by atoms with Gasteiger partial charge < -0.3 is 19.4 Å². The average Bonchev–Trinajstić information content (AvgIpc) is 2.61. The number of nitrogens with zero attached hydrogens (tertiary/aromatic N) is 3. The third-order valence-corrected chi connectivity index (χ3v) is 3.77. The molecule has 1 aliphatic rings. The lowest BCUT2D eigenvalue weighted by Crippen LogP contribution is -2.44. The van der Waals surface area contributed by atoms with E-state index in [0.29, 0.717) is 30.4 Å². The Morgan fingerprint density at radius 2 is 2.21 bits per heavy atom. The third kappa shape index (κ3) is 3.70. The summed E-state index contributed by atoms with van der Waals surface area (Å²) >= 11 is 0. The van der Waals surface area contributed by atoms with Crippen LogP contribution in [0.15, 0.2) is 35.5 Å². The molecule has 24 heavy (non-hydrogen) atoms. The van der Waals surface area contributed by atoms with Gasteiger partial charge in [0.2, 0.25) is 17.3 Å². The number of amides is 1. The minimum atomic E-state index is -0.294. The predicted octanol–water partition coefficient (Wildman–Crippen LogP) is 0.857. The lowest BCUT2D eigenvalue weighted by Gasteiger charge is -2.32. The first-order chi connectivity index (χ1) is 11.7. The van der Waals surface area contributed by atoms with E-state index < -0.39 is 0 Å². The topological polar surface area (TPSA) is 97.4 Å². The highest BCUT2D eigenvalue weighted by molar-refractivity contribution is 5.94. The zero-order valence-corrected chi connectivity index (χ0v) is 13.3. The summed E-state index contributed by atoms with van der Waals surface area (Å²) in [6.45, 7) is 1.07. The Morgan fingerprint density at radius 3 is 3.00 bits per heavy atom. The number of ether oxygens (including phenoxy) is 2. The molecule has 0 spiro atoms. The molecule has 8 heteroatoms. The van der Waals surface area contributed by atoms with Crippen LogP contribution in [-0.4, -0.2) is 52.1 Å². The summed E-state index contributed by atoms with van der Waals surface area (Å²) in [5, 5.41) is 0. The van der Waals surface area contributed by atoms with Gasteiger partial charge in [-0.25, -0.2) is 0 Å². The number of rotatable bonds is 4. The van der Waals surface area contributed by atoms with E-state index in [0.717, 1.165) is 12.8 Å². The van der Waals surface area contributed by atoms with Crippen LogP contribution >= 0.6 is 0 Å². The van der Waals surface area contributed by atoms with Crippen LogP contribution in [0.2, 0.25) is 0 Å². The number of hydrogen-bond acceptors (Lipinski definition) is 6. The van der Waals surface area contributed by atoms with Crippen molar-refractivity contribution in [1.82, 2.24) is 19.9 Å². The molecule has 3 heterocycles. The molecule has 1 unspecified atom stereocenters. The predicted molar refractivity (Wildman–Crippen MR) is 85.2 cm³/mol. The highest BCUT2D eigenvalue weighted by atomic mass is 16.5. The van der Waals surface area contributed by atoms with Gasteiger partial charge in [-0.2, -0.15) is 4.98 Å². The lowest BCUT2D eigenvalue weighted by molar-refractivity contribution is 0.0525. The normalized spacial score (nSPS) is 17.4. The van der Waals surface area contributed by atoms with E-state index in [4.69, 9.17) is 9.47 Å². The van der Waals surface area contributed by atoms with Crippen LogP contribution < -0.4 is 15.0 Å². The number of carbonyl (C=O) groups is 1. The van der Waals surface area contributed by atoms with E-state index in [9.17, 15) is 9.59 Å². The summed E-state index contributed by atoms with van der Waals surface area (Å²) < 4.78 is 10.8. The van der Waals surface area contributed by atoms with E-state index in [1.54, 1.807) is 11.0 Å². The van der Waals surface area contributed by atoms with Crippen LogP contribution in [0.25, 0.3) is 0 Å². The van der Waals surface area contributed by atoms with Crippen LogP contribution in [0.5, 0.6) is 11.8 Å². The molecule has 1 atom stereocenters. The molecule has 1 amide bonds. The molecule has 1 saturated heterocycles. The molecule has 0 aromatic carbocycles. The molecule has 3 rings (SSSR count). The molecule has 1 aliphatic heterocycles. The van der Waals surface area contributed by atoms with Crippen LogP contribution in [-0.2, 0) is 0 Å². The molecular weight excluding hydrogens is 312 g/mol. The van der Waals surface area contributed by atoms with Crippen LogP contribution in [0, 0.1) is 0 Å². The number of piperidine rings is 1. The Balaban J connectivity index is 1.67. The van der Waals surface area contributed by atoms with Gasteiger partial charge >= 0.3 is 0 Å². The quantitative estimate of drug-likeness (QED) is 0.893. The Morgan fingerprint density at radius 1 is 1.38 bits per heavy atom. The highest BCUT2D eigenvalue weighted by Gasteiger charge is 2.26. The third-order valence-electron chi connectivity index (χ3n) is 3.77. The largest absolute Gasteiger partial charge is 0.480 e. The smallest absolute Gasteiger partial charge is 0.254 e. The highest BCUT2D eigenvalue weighted by Crippen LogP contribution is 2.19. The standard InChI is InChI=1S/C16H18N4O4/c1-23-14-8-17-9-15(19-14)24-12-3-2-6-20(10-12)16(22)11-4-5-18-13(21)7-11/h4-5,7-9,12H,2-3,6,10H2,1H3,(H,18,21). The van der Waals surface area contributed by atoms with E-state index in [2.05, 4.69) is 15.0 Å². The van der Waals surface area contributed by atoms with Gasteiger partial charge in [0.15, 0.2) is 0 Å². The number of hydrogen-bond donors (Lipinski definition) is 1. The van der Waals surface area contributed by atoms with Gasteiger partial charge in [0.1, 0.15) is 6.10 Å². The van der Waals surface area contributed by atoms with E-state index in [1.807, 2.05) is 0 Å². The second-order valence-corrected chi connectivity index (χ2v) is 5.47. The molecule has 0 radical (unpaired) electrons. The zero-order chi connectivity index (χ0) is 16.9. The number of pyridine rings is 1. The van der Waals surface area contributed by atoms with Crippen LogP contribution in [0.3, 0.4) is 0 Å². The summed E-state index contributed by atoms with van der Waals surface area (Å²) in [5.41, 5.74) is 0.0814. The molecule has 2 aromatic rings. The van der Waals surface area contributed by atoms with Crippen molar-refractivity contribution in [3.63, 3.8) is 0 Å². The first kappa shape index (κ1) is 16.0. The van der Waals surface area contributed by atoms with Crippen molar-refractivity contribution in [1.29, 1.82) is 0 Å². The number of methoxy groups -OCH3 is 1. The first-order valence-corrected chi connectivity index (χ1v) is 7.66. The minimum Gasteiger partial charge on any atom is -0.480 e. The van der Waals surface area contributed by atoms with Crippen molar-refractivity contribution in [2.24, 2.45) is 0 Å². The summed E-state index contributed by atoms with van der Waals surface area (Å²) in [7, 11) is 1.51. The first-order valence-electron chi connectivity index (χ1n) is 7.66. The fourth-order valence-corrected chi connectivity index (χ4v) is 2.64. The second kappa shape index (κ2) is 7.12. The summed E-state index contributed by atoms with van der Waals surface area (Å²) in [5.74, 6) is 0.565. The minimum absolute atomic E-state index is 0.175. The number of aromatic nitrogens is 3.